The summed E-state index contributed by atoms with van der Waals surface area (Å²) in [5, 5.41) is 0. The van der Waals surface area contributed by atoms with Crippen LogP contribution in [0.3, 0.4) is 0 Å². The molecule has 2 fully saturated rings. The Morgan fingerprint density at radius 3 is 2.36 bits per heavy atom. The Bertz CT molecular complexity index is 573. The van der Waals surface area contributed by atoms with Crippen LogP contribution in [-0.4, -0.2) is 53.1 Å². The van der Waals surface area contributed by atoms with Crippen molar-refractivity contribution in [3.8, 4) is 0 Å². The van der Waals surface area contributed by atoms with Crippen molar-refractivity contribution in [3.05, 3.63) is 18.5 Å². The summed E-state index contributed by atoms with van der Waals surface area (Å²) in [6, 6.07) is 1.79. The van der Waals surface area contributed by atoms with E-state index in [1.165, 1.54) is 0 Å². The molecule has 0 spiro atoms. The molecular formula is C17H23F3N4O. The molecule has 2 saturated heterocycles. The lowest BCUT2D eigenvalue weighted by Crippen LogP contribution is -2.38. The van der Waals surface area contributed by atoms with Crippen molar-refractivity contribution in [2.45, 2.75) is 38.3 Å². The first-order valence-electron chi connectivity index (χ1n) is 8.79. The van der Waals surface area contributed by atoms with Crippen molar-refractivity contribution in [2.75, 3.05) is 31.1 Å². The quantitative estimate of drug-likeness (QED) is 0.832. The summed E-state index contributed by atoms with van der Waals surface area (Å²) >= 11 is 0. The van der Waals surface area contributed by atoms with Crippen molar-refractivity contribution < 1.29 is 18.0 Å². The highest BCUT2D eigenvalue weighted by Crippen LogP contribution is 2.33. The van der Waals surface area contributed by atoms with Crippen LogP contribution in [0, 0.1) is 11.8 Å². The monoisotopic (exact) mass is 356 g/mol. The Kier molecular flexibility index (Phi) is 5.44. The molecule has 3 heterocycles. The standard InChI is InChI=1S/C17H23F3N4O/c18-17(19,20)6-2-15(25)24-11-5-14(12-24)13-3-9-23(10-4-13)16-21-7-1-8-22-16/h1,7-8,13-14H,2-6,9-12H2/t14-/m0/s1. The zero-order valence-electron chi connectivity index (χ0n) is 14.1. The number of amides is 1. The number of halogens is 3. The van der Waals surface area contributed by atoms with E-state index in [1.54, 1.807) is 23.4 Å². The maximum Gasteiger partial charge on any atom is 0.389 e. The van der Waals surface area contributed by atoms with E-state index < -0.39 is 19.0 Å². The van der Waals surface area contributed by atoms with Gasteiger partial charge in [-0.25, -0.2) is 9.97 Å². The third-order valence-corrected chi connectivity index (χ3v) is 5.24. The molecule has 2 aliphatic heterocycles. The molecule has 8 heteroatoms. The summed E-state index contributed by atoms with van der Waals surface area (Å²) in [5.41, 5.74) is 0. The number of rotatable bonds is 4. The van der Waals surface area contributed by atoms with E-state index in [0.29, 0.717) is 24.9 Å². The van der Waals surface area contributed by atoms with Gasteiger partial charge >= 0.3 is 6.18 Å². The van der Waals surface area contributed by atoms with Gasteiger partial charge in [0.15, 0.2) is 0 Å². The molecule has 0 aliphatic carbocycles. The molecule has 0 unspecified atom stereocenters. The Balaban J connectivity index is 1.45. The Morgan fingerprint density at radius 1 is 1.08 bits per heavy atom. The third-order valence-electron chi connectivity index (χ3n) is 5.24. The average Bonchev–Trinajstić information content (AvgIpc) is 3.10. The highest BCUT2D eigenvalue weighted by Gasteiger charge is 2.35. The fourth-order valence-electron chi connectivity index (χ4n) is 3.83. The number of hydrogen-bond donors (Lipinski definition) is 0. The van der Waals surface area contributed by atoms with Crippen LogP contribution in [0.15, 0.2) is 18.5 Å². The molecule has 1 amide bonds. The molecular weight excluding hydrogens is 333 g/mol. The van der Waals surface area contributed by atoms with Crippen LogP contribution in [-0.2, 0) is 4.79 Å². The Labute approximate surface area is 145 Å². The number of nitrogens with zero attached hydrogens (tertiary/aromatic N) is 4. The van der Waals surface area contributed by atoms with Crippen molar-refractivity contribution in [1.29, 1.82) is 0 Å². The van der Waals surface area contributed by atoms with Crippen LogP contribution >= 0.6 is 0 Å². The molecule has 0 aromatic carbocycles. The zero-order chi connectivity index (χ0) is 17.9. The lowest BCUT2D eigenvalue weighted by Gasteiger charge is -2.34. The van der Waals surface area contributed by atoms with Crippen molar-refractivity contribution in [2.24, 2.45) is 11.8 Å². The third kappa shape index (κ3) is 4.83. The number of piperidine rings is 1. The van der Waals surface area contributed by atoms with Gasteiger partial charge in [-0.1, -0.05) is 0 Å². The van der Waals surface area contributed by atoms with Crippen LogP contribution in [0.25, 0.3) is 0 Å². The topological polar surface area (TPSA) is 49.3 Å². The number of likely N-dealkylation sites (tertiary alicyclic amines) is 1. The fraction of sp³-hybridized carbons (Fsp3) is 0.706. The number of alkyl halides is 3. The van der Waals surface area contributed by atoms with Gasteiger partial charge < -0.3 is 9.80 Å². The van der Waals surface area contributed by atoms with Crippen LogP contribution in [0.5, 0.6) is 0 Å². The van der Waals surface area contributed by atoms with Crippen molar-refractivity contribution >= 4 is 11.9 Å². The predicted octanol–water partition coefficient (Wildman–Crippen LogP) is 2.88. The minimum Gasteiger partial charge on any atom is -0.342 e. The first-order valence-corrected chi connectivity index (χ1v) is 8.79. The molecule has 0 saturated carbocycles. The van der Waals surface area contributed by atoms with Crippen molar-refractivity contribution in [3.63, 3.8) is 0 Å². The number of carbonyl (C=O) groups excluding carboxylic acids is 1. The number of aromatic nitrogens is 2. The van der Waals surface area contributed by atoms with E-state index in [9.17, 15) is 18.0 Å². The Morgan fingerprint density at radius 2 is 1.72 bits per heavy atom. The van der Waals surface area contributed by atoms with Crippen LogP contribution < -0.4 is 4.90 Å². The second-order valence-corrected chi connectivity index (χ2v) is 6.88. The predicted molar refractivity (Wildman–Crippen MR) is 86.9 cm³/mol. The molecule has 2 aliphatic rings. The van der Waals surface area contributed by atoms with E-state index >= 15 is 0 Å². The second-order valence-electron chi connectivity index (χ2n) is 6.88. The molecule has 0 radical (unpaired) electrons. The summed E-state index contributed by atoms with van der Waals surface area (Å²) < 4.78 is 36.8. The van der Waals surface area contributed by atoms with Gasteiger partial charge in [-0.05, 0) is 37.2 Å². The summed E-state index contributed by atoms with van der Waals surface area (Å²) in [4.78, 5) is 24.3. The van der Waals surface area contributed by atoms with Gasteiger partial charge in [0.1, 0.15) is 0 Å². The first kappa shape index (κ1) is 17.9. The maximum absolute atomic E-state index is 12.3. The Hall–Kier alpha value is -1.86. The van der Waals surface area contributed by atoms with E-state index in [1.807, 2.05) is 0 Å². The lowest BCUT2D eigenvalue weighted by molar-refractivity contribution is -0.148. The average molecular weight is 356 g/mol. The van der Waals surface area contributed by atoms with Crippen LogP contribution in [0.1, 0.15) is 32.1 Å². The SMILES string of the molecule is O=C(CCC(F)(F)F)N1CC[C@H](C2CCN(c3ncccn3)CC2)C1. The van der Waals surface area contributed by atoms with E-state index in [0.717, 1.165) is 38.3 Å². The largest absolute Gasteiger partial charge is 0.389 e. The summed E-state index contributed by atoms with van der Waals surface area (Å²) in [7, 11) is 0. The molecule has 0 bridgehead atoms. The number of hydrogen-bond acceptors (Lipinski definition) is 4. The molecule has 1 aromatic heterocycles. The fourth-order valence-corrected chi connectivity index (χ4v) is 3.83. The highest BCUT2D eigenvalue weighted by molar-refractivity contribution is 5.76. The molecule has 1 aromatic rings. The molecule has 25 heavy (non-hydrogen) atoms. The summed E-state index contributed by atoms with van der Waals surface area (Å²) in [6.45, 7) is 2.95. The number of carbonyl (C=O) groups is 1. The van der Waals surface area contributed by atoms with Gasteiger partial charge in [0.2, 0.25) is 11.9 Å². The zero-order valence-corrected chi connectivity index (χ0v) is 14.1. The van der Waals surface area contributed by atoms with Gasteiger partial charge in [0.25, 0.3) is 0 Å². The van der Waals surface area contributed by atoms with Gasteiger partial charge in [-0.2, -0.15) is 13.2 Å². The minimum atomic E-state index is -4.26. The van der Waals surface area contributed by atoms with Crippen LogP contribution in [0.4, 0.5) is 19.1 Å². The smallest absolute Gasteiger partial charge is 0.342 e. The summed E-state index contributed by atoms with van der Waals surface area (Å²) in [6.07, 6.45) is 0.653. The summed E-state index contributed by atoms with van der Waals surface area (Å²) in [5.74, 6) is 1.29. The van der Waals surface area contributed by atoms with E-state index in [-0.39, 0.29) is 5.91 Å². The normalized spacial score (nSPS) is 22.4. The lowest BCUT2D eigenvalue weighted by atomic mass is 9.84. The first-order chi connectivity index (χ1) is 11.9. The molecule has 3 rings (SSSR count). The van der Waals surface area contributed by atoms with E-state index in [2.05, 4.69) is 14.9 Å². The van der Waals surface area contributed by atoms with Gasteiger partial charge in [0.05, 0.1) is 6.42 Å². The van der Waals surface area contributed by atoms with E-state index in [4.69, 9.17) is 0 Å². The molecule has 138 valence electrons. The van der Waals surface area contributed by atoms with Gasteiger partial charge in [-0.15, -0.1) is 0 Å². The number of anilines is 1. The molecule has 0 N–H and O–H groups in total. The molecule has 1 atom stereocenters. The second kappa shape index (κ2) is 7.58. The minimum absolute atomic E-state index is 0.366. The highest BCUT2D eigenvalue weighted by atomic mass is 19.4. The van der Waals surface area contributed by atoms with Gasteiger partial charge in [0, 0.05) is 45.0 Å². The van der Waals surface area contributed by atoms with Gasteiger partial charge in [-0.3, -0.25) is 4.79 Å². The maximum atomic E-state index is 12.3. The molecule has 5 nitrogen and oxygen atoms in total. The van der Waals surface area contributed by atoms with Crippen LogP contribution in [0.2, 0.25) is 0 Å². The van der Waals surface area contributed by atoms with Crippen molar-refractivity contribution in [1.82, 2.24) is 14.9 Å².